The monoisotopic (exact) mass is 290 g/mol. The zero-order chi connectivity index (χ0) is 11.4. The topological polar surface area (TPSA) is 58.2 Å². The van der Waals surface area contributed by atoms with Gasteiger partial charge in [-0.25, -0.2) is 0 Å². The molecule has 0 heterocycles. The van der Waals surface area contributed by atoms with Crippen LogP contribution in [0.2, 0.25) is 5.02 Å². The van der Waals surface area contributed by atoms with Crippen molar-refractivity contribution >= 4 is 39.3 Å². The highest BCUT2D eigenvalue weighted by Gasteiger charge is 2.11. The molecule has 0 saturated carbocycles. The molecule has 80 valence electrons. The van der Waals surface area contributed by atoms with Crippen LogP contribution in [-0.4, -0.2) is 11.8 Å². The van der Waals surface area contributed by atoms with Crippen LogP contribution >= 0.6 is 27.5 Å². The van der Waals surface area contributed by atoms with Crippen LogP contribution in [0, 0.1) is 0 Å². The molecule has 0 radical (unpaired) electrons. The van der Waals surface area contributed by atoms with E-state index in [1.165, 1.54) is 6.92 Å². The van der Waals surface area contributed by atoms with Crippen molar-refractivity contribution in [3.8, 4) is 0 Å². The summed E-state index contributed by atoms with van der Waals surface area (Å²) in [4.78, 5) is 22.1. The van der Waals surface area contributed by atoms with Crippen LogP contribution in [0.15, 0.2) is 22.7 Å². The normalized spacial score (nSPS) is 9.53. The molecule has 2 N–H and O–H groups in total. The van der Waals surface area contributed by atoms with Gasteiger partial charge >= 0.3 is 0 Å². The SMILES string of the molecule is CC(=O)NNC(=O)c1cccc(Br)c1Cl. The molecule has 2 amide bonds. The molecule has 0 unspecified atom stereocenters. The Morgan fingerprint density at radius 2 is 2.00 bits per heavy atom. The van der Waals surface area contributed by atoms with Crippen LogP contribution in [0.1, 0.15) is 17.3 Å². The fourth-order valence-corrected chi connectivity index (χ4v) is 1.47. The van der Waals surface area contributed by atoms with E-state index in [1.54, 1.807) is 18.2 Å². The lowest BCUT2D eigenvalue weighted by Gasteiger charge is -2.07. The largest absolute Gasteiger partial charge is 0.274 e. The number of nitrogens with one attached hydrogen (secondary N) is 2. The second kappa shape index (κ2) is 5.14. The summed E-state index contributed by atoms with van der Waals surface area (Å²) >= 11 is 9.08. The Bertz CT molecular complexity index is 409. The number of amides is 2. The van der Waals surface area contributed by atoms with Crippen LogP contribution in [0.25, 0.3) is 0 Å². The number of rotatable bonds is 1. The summed E-state index contributed by atoms with van der Waals surface area (Å²) in [5, 5.41) is 0.306. The van der Waals surface area contributed by atoms with E-state index in [0.717, 1.165) is 0 Å². The van der Waals surface area contributed by atoms with Gasteiger partial charge in [0.1, 0.15) is 0 Å². The molecule has 0 bridgehead atoms. The lowest BCUT2D eigenvalue weighted by atomic mass is 10.2. The Balaban J connectivity index is 2.82. The smallest absolute Gasteiger partial charge is 0.271 e. The lowest BCUT2D eigenvalue weighted by Crippen LogP contribution is -2.40. The number of hydrogen-bond donors (Lipinski definition) is 2. The van der Waals surface area contributed by atoms with E-state index in [9.17, 15) is 9.59 Å². The highest BCUT2D eigenvalue weighted by molar-refractivity contribution is 9.10. The molecule has 0 saturated heterocycles. The van der Waals surface area contributed by atoms with Gasteiger partial charge in [-0.2, -0.15) is 0 Å². The van der Waals surface area contributed by atoms with Gasteiger partial charge in [0.25, 0.3) is 5.91 Å². The average Bonchev–Trinajstić information content (AvgIpc) is 2.18. The fourth-order valence-electron chi connectivity index (χ4n) is 0.891. The van der Waals surface area contributed by atoms with Crippen molar-refractivity contribution < 1.29 is 9.59 Å². The predicted octanol–water partition coefficient (Wildman–Crippen LogP) is 1.88. The third-order valence-electron chi connectivity index (χ3n) is 1.55. The summed E-state index contributed by atoms with van der Waals surface area (Å²) in [7, 11) is 0. The van der Waals surface area contributed by atoms with Gasteiger partial charge in [0.15, 0.2) is 0 Å². The Labute approximate surface area is 100 Å². The predicted molar refractivity (Wildman–Crippen MR) is 60.4 cm³/mol. The van der Waals surface area contributed by atoms with Crippen molar-refractivity contribution in [3.63, 3.8) is 0 Å². The molecule has 0 aliphatic rings. The molecule has 1 aromatic carbocycles. The fraction of sp³-hybridized carbons (Fsp3) is 0.111. The highest BCUT2D eigenvalue weighted by Crippen LogP contribution is 2.25. The minimum atomic E-state index is -0.462. The van der Waals surface area contributed by atoms with Gasteiger partial charge in [0.05, 0.1) is 10.6 Å². The average molecular weight is 292 g/mol. The number of carbonyl (C=O) groups is 2. The maximum absolute atomic E-state index is 11.5. The van der Waals surface area contributed by atoms with Crippen molar-refractivity contribution in [2.45, 2.75) is 6.92 Å². The summed E-state index contributed by atoms with van der Waals surface area (Å²) in [5.41, 5.74) is 4.69. The van der Waals surface area contributed by atoms with Crippen LogP contribution in [0.5, 0.6) is 0 Å². The molecule has 1 aromatic rings. The van der Waals surface area contributed by atoms with Crippen LogP contribution < -0.4 is 10.9 Å². The molecule has 0 atom stereocenters. The molecule has 0 spiro atoms. The number of carbonyl (C=O) groups excluding carboxylic acids is 2. The zero-order valence-electron chi connectivity index (χ0n) is 7.80. The Hall–Kier alpha value is -1.07. The quantitative estimate of drug-likeness (QED) is 0.776. The van der Waals surface area contributed by atoms with E-state index in [0.29, 0.717) is 15.1 Å². The molecule has 0 fully saturated rings. The molecule has 0 aliphatic heterocycles. The van der Waals surface area contributed by atoms with Crippen LogP contribution in [0.3, 0.4) is 0 Å². The lowest BCUT2D eigenvalue weighted by molar-refractivity contribution is -0.119. The van der Waals surface area contributed by atoms with Crippen molar-refractivity contribution in [2.75, 3.05) is 0 Å². The van der Waals surface area contributed by atoms with Crippen LogP contribution in [0.4, 0.5) is 0 Å². The number of benzene rings is 1. The van der Waals surface area contributed by atoms with Gasteiger partial charge < -0.3 is 0 Å². The maximum Gasteiger partial charge on any atom is 0.271 e. The summed E-state index contributed by atoms with van der Waals surface area (Å²) in [6.45, 7) is 1.29. The molecule has 0 aromatic heterocycles. The van der Waals surface area contributed by atoms with Gasteiger partial charge in [-0.1, -0.05) is 17.7 Å². The van der Waals surface area contributed by atoms with Gasteiger partial charge in [0, 0.05) is 11.4 Å². The zero-order valence-corrected chi connectivity index (χ0v) is 10.1. The first-order valence-electron chi connectivity index (χ1n) is 4.03. The summed E-state index contributed by atoms with van der Waals surface area (Å²) in [6, 6.07) is 4.96. The van der Waals surface area contributed by atoms with E-state index in [-0.39, 0.29) is 5.91 Å². The van der Waals surface area contributed by atoms with Crippen LogP contribution in [-0.2, 0) is 4.79 Å². The summed E-state index contributed by atoms with van der Waals surface area (Å²) in [5.74, 6) is -0.814. The van der Waals surface area contributed by atoms with Gasteiger partial charge in [-0.05, 0) is 28.1 Å². The number of hydrogen-bond acceptors (Lipinski definition) is 2. The summed E-state index contributed by atoms with van der Waals surface area (Å²) in [6.07, 6.45) is 0. The first-order valence-corrected chi connectivity index (χ1v) is 5.20. The van der Waals surface area contributed by atoms with E-state index >= 15 is 0 Å². The molecule has 6 heteroatoms. The molecule has 4 nitrogen and oxygen atoms in total. The first kappa shape index (κ1) is 12.0. The first-order chi connectivity index (χ1) is 7.02. The third kappa shape index (κ3) is 3.21. The Morgan fingerprint density at radius 3 is 2.60 bits per heavy atom. The Kier molecular flexibility index (Phi) is 4.11. The van der Waals surface area contributed by atoms with Crippen molar-refractivity contribution in [1.82, 2.24) is 10.9 Å². The molecular weight excluding hydrogens is 283 g/mol. The molecular formula is C9H8BrClN2O2. The van der Waals surface area contributed by atoms with Crippen molar-refractivity contribution in [1.29, 1.82) is 0 Å². The van der Waals surface area contributed by atoms with Crippen molar-refractivity contribution in [2.24, 2.45) is 0 Å². The second-order valence-corrected chi connectivity index (χ2v) is 3.97. The third-order valence-corrected chi connectivity index (χ3v) is 2.84. The van der Waals surface area contributed by atoms with E-state index in [2.05, 4.69) is 26.8 Å². The standard InChI is InChI=1S/C9H8BrClN2O2/c1-5(14)12-13-9(15)6-3-2-4-7(10)8(6)11/h2-4H,1H3,(H,12,14)(H,13,15). The van der Waals surface area contributed by atoms with Gasteiger partial charge in [-0.15, -0.1) is 0 Å². The van der Waals surface area contributed by atoms with Crippen molar-refractivity contribution in [3.05, 3.63) is 33.3 Å². The second-order valence-electron chi connectivity index (χ2n) is 2.74. The number of hydrazine groups is 1. The van der Waals surface area contributed by atoms with Gasteiger partial charge in [0.2, 0.25) is 5.91 Å². The molecule has 1 rings (SSSR count). The minimum absolute atomic E-state index is 0.291. The number of halogens is 2. The molecule has 15 heavy (non-hydrogen) atoms. The Morgan fingerprint density at radius 1 is 1.33 bits per heavy atom. The minimum Gasteiger partial charge on any atom is -0.274 e. The highest BCUT2D eigenvalue weighted by atomic mass is 79.9. The van der Waals surface area contributed by atoms with E-state index < -0.39 is 5.91 Å². The maximum atomic E-state index is 11.5. The van der Waals surface area contributed by atoms with E-state index in [4.69, 9.17) is 11.6 Å². The summed E-state index contributed by atoms with van der Waals surface area (Å²) < 4.78 is 0.625. The van der Waals surface area contributed by atoms with E-state index in [1.807, 2.05) is 0 Å². The molecule has 0 aliphatic carbocycles. The van der Waals surface area contributed by atoms with Gasteiger partial charge in [-0.3, -0.25) is 20.4 Å².